The van der Waals surface area contributed by atoms with E-state index in [4.69, 9.17) is 4.74 Å². The van der Waals surface area contributed by atoms with Crippen LogP contribution in [0.25, 0.3) is 0 Å². The van der Waals surface area contributed by atoms with Gasteiger partial charge in [-0.1, -0.05) is 44.2 Å². The van der Waals surface area contributed by atoms with Gasteiger partial charge in [0.2, 0.25) is 5.88 Å². The fourth-order valence-corrected chi connectivity index (χ4v) is 2.14. The van der Waals surface area contributed by atoms with Crippen LogP contribution in [0.1, 0.15) is 19.4 Å². The monoisotopic (exact) mass is 348 g/mol. The number of pyridine rings is 1. The SMILES string of the molecule is CC(C)(CNCc1ccccc1)COc1ccc(Br)cn1. The normalized spacial score (nSPS) is 11.4. The number of hydrogen-bond donors (Lipinski definition) is 1. The molecule has 3 nitrogen and oxygen atoms in total. The van der Waals surface area contributed by atoms with E-state index in [0.29, 0.717) is 12.5 Å². The largest absolute Gasteiger partial charge is 0.477 e. The first-order valence-electron chi connectivity index (χ1n) is 7.04. The van der Waals surface area contributed by atoms with Crippen molar-refractivity contribution < 1.29 is 4.74 Å². The molecule has 112 valence electrons. The van der Waals surface area contributed by atoms with Gasteiger partial charge in [0, 0.05) is 35.2 Å². The minimum absolute atomic E-state index is 0.0452. The highest BCUT2D eigenvalue weighted by atomic mass is 79.9. The van der Waals surface area contributed by atoms with Crippen molar-refractivity contribution in [3.63, 3.8) is 0 Å². The van der Waals surface area contributed by atoms with Crippen molar-refractivity contribution in [2.24, 2.45) is 5.41 Å². The summed E-state index contributed by atoms with van der Waals surface area (Å²) < 4.78 is 6.71. The third-order valence-corrected chi connectivity index (χ3v) is 3.56. The summed E-state index contributed by atoms with van der Waals surface area (Å²) in [4.78, 5) is 4.22. The van der Waals surface area contributed by atoms with E-state index in [-0.39, 0.29) is 5.41 Å². The second-order valence-corrected chi connectivity index (χ2v) is 6.77. The zero-order valence-electron chi connectivity index (χ0n) is 12.5. The smallest absolute Gasteiger partial charge is 0.213 e. The molecule has 1 aromatic carbocycles. The van der Waals surface area contributed by atoms with E-state index in [1.54, 1.807) is 6.20 Å². The minimum Gasteiger partial charge on any atom is -0.477 e. The average Bonchev–Trinajstić information content (AvgIpc) is 2.48. The maximum atomic E-state index is 5.76. The minimum atomic E-state index is 0.0452. The molecule has 1 aromatic heterocycles. The second-order valence-electron chi connectivity index (χ2n) is 5.86. The molecule has 0 unspecified atom stereocenters. The third kappa shape index (κ3) is 5.86. The first kappa shape index (κ1) is 16.0. The van der Waals surface area contributed by atoms with E-state index in [2.05, 4.69) is 64.3 Å². The predicted molar refractivity (Wildman–Crippen MR) is 89.4 cm³/mol. The molecule has 0 bridgehead atoms. The summed E-state index contributed by atoms with van der Waals surface area (Å²) in [5.41, 5.74) is 1.34. The van der Waals surface area contributed by atoms with Crippen molar-refractivity contribution >= 4 is 15.9 Å². The molecule has 0 aliphatic heterocycles. The summed E-state index contributed by atoms with van der Waals surface area (Å²) >= 11 is 3.36. The Labute approximate surface area is 134 Å². The van der Waals surface area contributed by atoms with Crippen molar-refractivity contribution in [2.75, 3.05) is 13.2 Å². The number of aromatic nitrogens is 1. The third-order valence-electron chi connectivity index (χ3n) is 3.09. The number of halogens is 1. The lowest BCUT2D eigenvalue weighted by Crippen LogP contribution is -2.34. The molecule has 0 aliphatic carbocycles. The van der Waals surface area contributed by atoms with Crippen molar-refractivity contribution in [3.05, 3.63) is 58.7 Å². The van der Waals surface area contributed by atoms with Crippen LogP contribution in [0, 0.1) is 5.41 Å². The molecule has 2 aromatic rings. The van der Waals surface area contributed by atoms with Crippen LogP contribution in [0.5, 0.6) is 5.88 Å². The van der Waals surface area contributed by atoms with Gasteiger partial charge < -0.3 is 10.1 Å². The van der Waals surface area contributed by atoms with E-state index >= 15 is 0 Å². The Kier molecular flexibility index (Phi) is 5.76. The topological polar surface area (TPSA) is 34.1 Å². The van der Waals surface area contributed by atoms with Crippen LogP contribution >= 0.6 is 15.9 Å². The van der Waals surface area contributed by atoms with Gasteiger partial charge in [-0.3, -0.25) is 0 Å². The molecule has 0 saturated carbocycles. The summed E-state index contributed by atoms with van der Waals surface area (Å²) in [7, 11) is 0. The van der Waals surface area contributed by atoms with Gasteiger partial charge in [-0.25, -0.2) is 4.98 Å². The number of benzene rings is 1. The first-order chi connectivity index (χ1) is 10.1. The molecule has 0 saturated heterocycles. The van der Waals surface area contributed by atoms with Gasteiger partial charge in [0.15, 0.2) is 0 Å². The van der Waals surface area contributed by atoms with Crippen molar-refractivity contribution in [3.8, 4) is 5.88 Å². The van der Waals surface area contributed by atoms with Crippen LogP contribution in [0.4, 0.5) is 0 Å². The van der Waals surface area contributed by atoms with E-state index in [9.17, 15) is 0 Å². The average molecular weight is 349 g/mol. The van der Waals surface area contributed by atoms with Crippen LogP contribution in [-0.4, -0.2) is 18.1 Å². The number of ether oxygens (including phenoxy) is 1. The number of hydrogen-bond acceptors (Lipinski definition) is 3. The highest BCUT2D eigenvalue weighted by Gasteiger charge is 2.18. The maximum Gasteiger partial charge on any atom is 0.213 e. The predicted octanol–water partition coefficient (Wildman–Crippen LogP) is 4.04. The fraction of sp³-hybridized carbons (Fsp3) is 0.353. The van der Waals surface area contributed by atoms with Crippen LogP contribution in [0.15, 0.2) is 53.1 Å². The summed E-state index contributed by atoms with van der Waals surface area (Å²) in [6.45, 7) is 6.76. The van der Waals surface area contributed by atoms with Gasteiger partial charge in [-0.05, 0) is 27.6 Å². The molecule has 0 fully saturated rings. The molecular weight excluding hydrogens is 328 g/mol. The Morgan fingerprint density at radius 3 is 2.57 bits per heavy atom. The van der Waals surface area contributed by atoms with E-state index in [0.717, 1.165) is 17.6 Å². The molecular formula is C17H21BrN2O. The van der Waals surface area contributed by atoms with Crippen molar-refractivity contribution in [1.82, 2.24) is 10.3 Å². The first-order valence-corrected chi connectivity index (χ1v) is 7.83. The molecule has 0 atom stereocenters. The molecule has 0 amide bonds. The number of nitrogens with one attached hydrogen (secondary N) is 1. The molecule has 1 heterocycles. The Bertz CT molecular complexity index is 540. The Morgan fingerprint density at radius 2 is 1.90 bits per heavy atom. The highest BCUT2D eigenvalue weighted by molar-refractivity contribution is 9.10. The van der Waals surface area contributed by atoms with Crippen LogP contribution in [-0.2, 0) is 6.54 Å². The molecule has 21 heavy (non-hydrogen) atoms. The lowest BCUT2D eigenvalue weighted by molar-refractivity contribution is 0.170. The van der Waals surface area contributed by atoms with Gasteiger partial charge >= 0.3 is 0 Å². The van der Waals surface area contributed by atoms with Gasteiger partial charge in [0.1, 0.15) is 0 Å². The highest BCUT2D eigenvalue weighted by Crippen LogP contribution is 2.18. The second kappa shape index (κ2) is 7.57. The van der Waals surface area contributed by atoms with E-state index < -0.39 is 0 Å². The van der Waals surface area contributed by atoms with Gasteiger partial charge in [-0.2, -0.15) is 0 Å². The molecule has 0 aliphatic rings. The van der Waals surface area contributed by atoms with Crippen molar-refractivity contribution in [2.45, 2.75) is 20.4 Å². The molecule has 0 spiro atoms. The van der Waals surface area contributed by atoms with Gasteiger partial charge in [0.25, 0.3) is 0 Å². The summed E-state index contributed by atoms with van der Waals surface area (Å²) in [6, 6.07) is 14.2. The Balaban J connectivity index is 1.75. The number of rotatable bonds is 7. The van der Waals surface area contributed by atoms with Gasteiger partial charge in [0.05, 0.1) is 6.61 Å². The zero-order valence-corrected chi connectivity index (χ0v) is 14.1. The molecule has 0 radical (unpaired) electrons. The standard InChI is InChI=1S/C17H21BrN2O/c1-17(2,12-19-10-14-6-4-3-5-7-14)13-21-16-9-8-15(18)11-20-16/h3-9,11,19H,10,12-13H2,1-2H3. The summed E-state index contributed by atoms with van der Waals surface area (Å²) in [6.07, 6.45) is 1.75. The quantitative estimate of drug-likeness (QED) is 0.819. The number of nitrogens with zero attached hydrogens (tertiary/aromatic N) is 1. The zero-order chi connectivity index (χ0) is 15.1. The fourth-order valence-electron chi connectivity index (χ4n) is 1.91. The molecule has 1 N–H and O–H groups in total. The molecule has 2 rings (SSSR count). The van der Waals surface area contributed by atoms with Crippen molar-refractivity contribution in [1.29, 1.82) is 0 Å². The van der Waals surface area contributed by atoms with E-state index in [1.807, 2.05) is 18.2 Å². The van der Waals surface area contributed by atoms with Crippen LogP contribution < -0.4 is 10.1 Å². The van der Waals surface area contributed by atoms with Gasteiger partial charge in [-0.15, -0.1) is 0 Å². The lowest BCUT2D eigenvalue weighted by atomic mass is 9.95. The van der Waals surface area contributed by atoms with Crippen LogP contribution in [0.2, 0.25) is 0 Å². The summed E-state index contributed by atoms with van der Waals surface area (Å²) in [5, 5.41) is 3.48. The summed E-state index contributed by atoms with van der Waals surface area (Å²) in [5.74, 6) is 0.661. The Hall–Kier alpha value is -1.39. The van der Waals surface area contributed by atoms with E-state index in [1.165, 1.54) is 5.56 Å². The maximum absolute atomic E-state index is 5.76. The lowest BCUT2D eigenvalue weighted by Gasteiger charge is -2.25. The van der Waals surface area contributed by atoms with Crippen LogP contribution in [0.3, 0.4) is 0 Å². The Morgan fingerprint density at radius 1 is 1.14 bits per heavy atom. The molecule has 4 heteroatoms.